The first-order valence-electron chi connectivity index (χ1n) is 9.78. The molecule has 0 bridgehead atoms. The molecular weight excluding hydrogens is 350 g/mol. The fourth-order valence-corrected chi connectivity index (χ4v) is 4.06. The highest BCUT2D eigenvalue weighted by atomic mass is 16.2. The maximum Gasteiger partial charge on any atom is 0.253 e. The summed E-state index contributed by atoms with van der Waals surface area (Å²) in [5.41, 5.74) is 2.89. The van der Waals surface area contributed by atoms with Crippen LogP contribution in [0.15, 0.2) is 60.8 Å². The van der Waals surface area contributed by atoms with E-state index >= 15 is 0 Å². The summed E-state index contributed by atoms with van der Waals surface area (Å²) in [4.78, 5) is 32.6. The van der Waals surface area contributed by atoms with Gasteiger partial charge in [0.05, 0.1) is 5.92 Å². The fraction of sp³-hybridized carbons (Fsp3) is 0.304. The number of nitrogens with zero attached hydrogens (tertiary/aromatic N) is 2. The number of H-pyrrole nitrogens is 1. The zero-order valence-corrected chi connectivity index (χ0v) is 16.1. The summed E-state index contributed by atoms with van der Waals surface area (Å²) in [6.45, 7) is 1.77. The van der Waals surface area contributed by atoms with Crippen LogP contribution < -0.4 is 0 Å². The number of amides is 2. The van der Waals surface area contributed by atoms with E-state index < -0.39 is 0 Å². The Morgan fingerprint density at radius 2 is 1.93 bits per heavy atom. The second-order valence-electron chi connectivity index (χ2n) is 7.51. The van der Waals surface area contributed by atoms with E-state index in [0.717, 1.165) is 29.3 Å². The lowest BCUT2D eigenvalue weighted by molar-refractivity contribution is -0.136. The van der Waals surface area contributed by atoms with Crippen LogP contribution in [0.1, 0.15) is 28.8 Å². The van der Waals surface area contributed by atoms with E-state index in [1.54, 1.807) is 4.90 Å². The summed E-state index contributed by atoms with van der Waals surface area (Å²) in [5, 5.41) is 1.15. The van der Waals surface area contributed by atoms with Crippen LogP contribution in [0.5, 0.6) is 0 Å². The number of rotatable bonds is 4. The molecule has 144 valence electrons. The minimum absolute atomic E-state index is 0.0119. The number of aromatic nitrogens is 1. The molecule has 2 aromatic carbocycles. The summed E-state index contributed by atoms with van der Waals surface area (Å²) < 4.78 is 0. The molecule has 2 heterocycles. The Kier molecular flexibility index (Phi) is 5.15. The number of likely N-dealkylation sites (tertiary alicyclic amines) is 1. The van der Waals surface area contributed by atoms with Crippen LogP contribution in [0.3, 0.4) is 0 Å². The van der Waals surface area contributed by atoms with Crippen LogP contribution in [0, 0.1) is 5.92 Å². The van der Waals surface area contributed by atoms with Crippen LogP contribution in [-0.2, 0) is 11.3 Å². The second kappa shape index (κ2) is 7.89. The number of fused-ring (bicyclic) bond motifs is 1. The van der Waals surface area contributed by atoms with E-state index in [1.807, 2.05) is 66.7 Å². The molecule has 1 aliphatic heterocycles. The third-order valence-electron chi connectivity index (χ3n) is 5.55. The van der Waals surface area contributed by atoms with E-state index in [-0.39, 0.29) is 17.7 Å². The van der Waals surface area contributed by atoms with Gasteiger partial charge in [0.15, 0.2) is 0 Å². The maximum atomic E-state index is 13.1. The van der Waals surface area contributed by atoms with Gasteiger partial charge in [-0.05, 0) is 42.7 Å². The predicted octanol–water partition coefficient (Wildman–Crippen LogP) is 3.68. The maximum absolute atomic E-state index is 13.1. The number of hydrogen-bond donors (Lipinski definition) is 1. The summed E-state index contributed by atoms with van der Waals surface area (Å²) >= 11 is 0. The molecule has 28 heavy (non-hydrogen) atoms. The molecule has 0 spiro atoms. The Morgan fingerprint density at radius 1 is 1.11 bits per heavy atom. The first-order chi connectivity index (χ1) is 13.6. The third kappa shape index (κ3) is 3.65. The molecule has 1 aromatic heterocycles. The molecular formula is C23H25N3O2. The SMILES string of the molecule is CN(Cc1cccc2[nH]ccc12)C(=O)C1CCCN(C(=O)c2ccccc2)C1. The Labute approximate surface area is 165 Å². The molecule has 2 amide bonds. The van der Waals surface area contributed by atoms with Crippen LogP contribution in [-0.4, -0.2) is 46.7 Å². The summed E-state index contributed by atoms with van der Waals surface area (Å²) in [6.07, 6.45) is 3.61. The summed E-state index contributed by atoms with van der Waals surface area (Å²) in [5.74, 6) is -0.0206. The standard InChI is InChI=1S/C23H25N3O2/c1-25(15-18-9-5-11-21-20(18)12-13-24-21)22(27)19-10-6-14-26(16-19)23(28)17-7-3-2-4-8-17/h2-5,7-9,11-13,19,24H,6,10,14-16H2,1H3. The van der Waals surface area contributed by atoms with Gasteiger partial charge in [0.25, 0.3) is 5.91 Å². The Bertz CT molecular complexity index is 980. The molecule has 0 saturated carbocycles. The Balaban J connectivity index is 1.44. The van der Waals surface area contributed by atoms with E-state index in [4.69, 9.17) is 0 Å². The normalized spacial score (nSPS) is 16.9. The number of carbonyl (C=O) groups is 2. The van der Waals surface area contributed by atoms with Gasteiger partial charge >= 0.3 is 0 Å². The molecule has 0 aliphatic carbocycles. The zero-order valence-electron chi connectivity index (χ0n) is 16.1. The quantitative estimate of drug-likeness (QED) is 0.756. The smallest absolute Gasteiger partial charge is 0.253 e. The van der Waals surface area contributed by atoms with Crippen molar-refractivity contribution < 1.29 is 9.59 Å². The number of nitrogens with one attached hydrogen (secondary N) is 1. The lowest BCUT2D eigenvalue weighted by Gasteiger charge is -2.34. The van der Waals surface area contributed by atoms with Gasteiger partial charge in [0, 0.05) is 49.3 Å². The molecule has 3 aromatic rings. The lowest BCUT2D eigenvalue weighted by Crippen LogP contribution is -2.45. The average Bonchev–Trinajstić information content (AvgIpc) is 3.23. The summed E-state index contributed by atoms with van der Waals surface area (Å²) in [7, 11) is 1.85. The molecule has 1 fully saturated rings. The molecule has 4 rings (SSSR count). The van der Waals surface area contributed by atoms with Gasteiger partial charge in [0.1, 0.15) is 0 Å². The Hall–Kier alpha value is -3.08. The average molecular weight is 375 g/mol. The molecule has 0 radical (unpaired) electrons. The molecule has 5 heteroatoms. The van der Waals surface area contributed by atoms with Gasteiger partial charge in [-0.25, -0.2) is 0 Å². The number of piperidine rings is 1. The van der Waals surface area contributed by atoms with Crippen molar-refractivity contribution in [3.8, 4) is 0 Å². The highest BCUT2D eigenvalue weighted by Crippen LogP contribution is 2.23. The van der Waals surface area contributed by atoms with Gasteiger partial charge in [-0.15, -0.1) is 0 Å². The molecule has 1 unspecified atom stereocenters. The minimum Gasteiger partial charge on any atom is -0.361 e. The van der Waals surface area contributed by atoms with Crippen molar-refractivity contribution in [2.45, 2.75) is 19.4 Å². The topological polar surface area (TPSA) is 56.4 Å². The minimum atomic E-state index is -0.142. The molecule has 1 atom stereocenters. The van der Waals surface area contributed by atoms with Crippen LogP contribution >= 0.6 is 0 Å². The van der Waals surface area contributed by atoms with Gasteiger partial charge < -0.3 is 14.8 Å². The number of hydrogen-bond acceptors (Lipinski definition) is 2. The predicted molar refractivity (Wildman–Crippen MR) is 110 cm³/mol. The Morgan fingerprint density at radius 3 is 2.75 bits per heavy atom. The molecule has 1 N–H and O–H groups in total. The van der Waals surface area contributed by atoms with Crippen molar-refractivity contribution in [3.63, 3.8) is 0 Å². The van der Waals surface area contributed by atoms with Crippen LogP contribution in [0.4, 0.5) is 0 Å². The largest absolute Gasteiger partial charge is 0.361 e. The van der Waals surface area contributed by atoms with Gasteiger partial charge in [0.2, 0.25) is 5.91 Å². The van der Waals surface area contributed by atoms with Gasteiger partial charge in [-0.2, -0.15) is 0 Å². The van der Waals surface area contributed by atoms with Crippen molar-refractivity contribution in [2.24, 2.45) is 5.92 Å². The third-order valence-corrected chi connectivity index (χ3v) is 5.55. The van der Waals surface area contributed by atoms with Crippen molar-refractivity contribution >= 4 is 22.7 Å². The lowest BCUT2D eigenvalue weighted by atomic mass is 9.95. The van der Waals surface area contributed by atoms with Crippen LogP contribution in [0.25, 0.3) is 10.9 Å². The monoisotopic (exact) mass is 375 g/mol. The summed E-state index contributed by atoms with van der Waals surface area (Å²) in [6, 6.07) is 17.5. The highest BCUT2D eigenvalue weighted by molar-refractivity contribution is 5.94. The van der Waals surface area contributed by atoms with E-state index in [0.29, 0.717) is 25.2 Å². The van der Waals surface area contributed by atoms with Crippen LogP contribution in [0.2, 0.25) is 0 Å². The first kappa shape index (κ1) is 18.3. The van der Waals surface area contributed by atoms with Gasteiger partial charge in [-0.3, -0.25) is 9.59 Å². The highest BCUT2D eigenvalue weighted by Gasteiger charge is 2.30. The first-order valence-corrected chi connectivity index (χ1v) is 9.78. The molecule has 5 nitrogen and oxygen atoms in total. The fourth-order valence-electron chi connectivity index (χ4n) is 4.06. The van der Waals surface area contributed by atoms with Crippen molar-refractivity contribution in [2.75, 3.05) is 20.1 Å². The van der Waals surface area contributed by atoms with Crippen molar-refractivity contribution in [1.29, 1.82) is 0 Å². The molecule has 1 saturated heterocycles. The zero-order chi connectivity index (χ0) is 19.5. The number of carbonyl (C=O) groups excluding carboxylic acids is 2. The number of benzene rings is 2. The van der Waals surface area contributed by atoms with E-state index in [2.05, 4.69) is 11.1 Å². The van der Waals surface area contributed by atoms with Crippen molar-refractivity contribution in [3.05, 3.63) is 71.9 Å². The molecule has 1 aliphatic rings. The second-order valence-corrected chi connectivity index (χ2v) is 7.51. The van der Waals surface area contributed by atoms with Crippen molar-refractivity contribution in [1.82, 2.24) is 14.8 Å². The van der Waals surface area contributed by atoms with E-state index in [9.17, 15) is 9.59 Å². The van der Waals surface area contributed by atoms with E-state index in [1.165, 1.54) is 0 Å². The van der Waals surface area contributed by atoms with Gasteiger partial charge in [-0.1, -0.05) is 30.3 Å². The number of aromatic amines is 1.